The van der Waals surface area contributed by atoms with Crippen molar-refractivity contribution in [2.24, 2.45) is 0 Å². The summed E-state index contributed by atoms with van der Waals surface area (Å²) < 4.78 is 0. The van der Waals surface area contributed by atoms with Gasteiger partial charge in [-0.2, -0.15) is 0 Å². The summed E-state index contributed by atoms with van der Waals surface area (Å²) in [7, 11) is 0. The largest absolute Gasteiger partial charge is 0.368 e. The van der Waals surface area contributed by atoms with Crippen LogP contribution in [0.1, 0.15) is 32.3 Å². The molecular weight excluding hydrogens is 340 g/mol. The summed E-state index contributed by atoms with van der Waals surface area (Å²) >= 11 is 0. The molecule has 1 N–H and O–H groups in total. The fourth-order valence-corrected chi connectivity index (χ4v) is 4.05. The summed E-state index contributed by atoms with van der Waals surface area (Å²) in [6, 6.07) is 9.01. The SMILES string of the molecule is CC(=O)N1CCN(CCNC(=O)CCN2c3ccccc3CC[C@H]2C)CC1. The van der Waals surface area contributed by atoms with E-state index in [4.69, 9.17) is 0 Å². The normalized spacial score (nSPS) is 20.3. The fraction of sp³-hybridized carbons (Fsp3) is 0.619. The molecule has 1 aromatic rings. The molecule has 27 heavy (non-hydrogen) atoms. The molecule has 1 fully saturated rings. The van der Waals surface area contributed by atoms with Gasteiger partial charge in [0.25, 0.3) is 0 Å². The molecule has 3 rings (SSSR count). The highest BCUT2D eigenvalue weighted by Gasteiger charge is 2.23. The zero-order chi connectivity index (χ0) is 19.2. The molecule has 0 aromatic heterocycles. The van der Waals surface area contributed by atoms with Crippen molar-refractivity contribution in [2.45, 2.75) is 39.2 Å². The number of hydrogen-bond donors (Lipinski definition) is 1. The number of para-hydroxylation sites is 1. The van der Waals surface area contributed by atoms with Gasteiger partial charge >= 0.3 is 0 Å². The first-order valence-electron chi connectivity index (χ1n) is 10.1. The molecule has 1 saturated heterocycles. The topological polar surface area (TPSA) is 55.9 Å². The van der Waals surface area contributed by atoms with E-state index in [1.165, 1.54) is 11.3 Å². The summed E-state index contributed by atoms with van der Waals surface area (Å²) in [5.41, 5.74) is 2.67. The van der Waals surface area contributed by atoms with Crippen molar-refractivity contribution in [3.63, 3.8) is 0 Å². The van der Waals surface area contributed by atoms with Crippen LogP contribution < -0.4 is 10.2 Å². The number of anilines is 1. The van der Waals surface area contributed by atoms with Crippen molar-refractivity contribution in [3.05, 3.63) is 29.8 Å². The molecular formula is C21H32N4O2. The van der Waals surface area contributed by atoms with Crippen molar-refractivity contribution in [1.82, 2.24) is 15.1 Å². The molecule has 2 aliphatic rings. The number of carbonyl (C=O) groups excluding carboxylic acids is 2. The van der Waals surface area contributed by atoms with Crippen LogP contribution in [-0.2, 0) is 16.0 Å². The standard InChI is InChI=1S/C21H32N4O2/c1-17-7-8-19-5-3-4-6-20(19)25(17)11-9-21(27)22-10-12-23-13-15-24(16-14-23)18(2)26/h3-6,17H,7-16H2,1-2H3,(H,22,27)/t17-/m1/s1. The Balaban J connectivity index is 1.37. The third-order valence-electron chi connectivity index (χ3n) is 5.81. The van der Waals surface area contributed by atoms with Gasteiger partial charge in [-0.3, -0.25) is 14.5 Å². The second-order valence-electron chi connectivity index (χ2n) is 7.66. The van der Waals surface area contributed by atoms with Gasteiger partial charge in [0.05, 0.1) is 0 Å². The minimum atomic E-state index is 0.118. The zero-order valence-electron chi connectivity index (χ0n) is 16.6. The summed E-state index contributed by atoms with van der Waals surface area (Å²) in [5.74, 6) is 0.268. The molecule has 2 heterocycles. The third kappa shape index (κ3) is 5.22. The maximum atomic E-state index is 12.3. The zero-order valence-corrected chi connectivity index (χ0v) is 16.6. The van der Waals surface area contributed by atoms with Gasteiger partial charge in [0, 0.05) is 70.9 Å². The molecule has 148 valence electrons. The number of rotatable bonds is 6. The molecule has 0 aliphatic carbocycles. The number of fused-ring (bicyclic) bond motifs is 1. The Labute approximate surface area is 162 Å². The van der Waals surface area contributed by atoms with Crippen LogP contribution >= 0.6 is 0 Å². The molecule has 6 nitrogen and oxygen atoms in total. The first kappa shape index (κ1) is 19.7. The van der Waals surface area contributed by atoms with E-state index in [2.05, 4.69) is 46.3 Å². The van der Waals surface area contributed by atoms with Gasteiger partial charge in [-0.1, -0.05) is 18.2 Å². The molecule has 0 unspecified atom stereocenters. The number of amides is 2. The van der Waals surface area contributed by atoms with Crippen molar-refractivity contribution in [2.75, 3.05) is 50.7 Å². The van der Waals surface area contributed by atoms with Gasteiger partial charge in [0.15, 0.2) is 0 Å². The molecule has 0 spiro atoms. The van der Waals surface area contributed by atoms with E-state index < -0.39 is 0 Å². The molecule has 0 saturated carbocycles. The molecule has 0 bridgehead atoms. The van der Waals surface area contributed by atoms with E-state index in [0.29, 0.717) is 19.0 Å². The maximum absolute atomic E-state index is 12.3. The Morgan fingerprint density at radius 3 is 2.59 bits per heavy atom. The summed E-state index contributed by atoms with van der Waals surface area (Å²) in [6.45, 7) is 9.50. The lowest BCUT2D eigenvalue weighted by Gasteiger charge is -2.37. The minimum Gasteiger partial charge on any atom is -0.368 e. The Morgan fingerprint density at radius 2 is 1.85 bits per heavy atom. The molecule has 1 aromatic carbocycles. The lowest BCUT2D eigenvalue weighted by Crippen LogP contribution is -2.49. The van der Waals surface area contributed by atoms with Gasteiger partial charge in [-0.15, -0.1) is 0 Å². The van der Waals surface area contributed by atoms with Crippen LogP contribution in [0.3, 0.4) is 0 Å². The molecule has 2 aliphatic heterocycles. The predicted octanol–water partition coefficient (Wildman–Crippen LogP) is 1.50. The van der Waals surface area contributed by atoms with Crippen molar-refractivity contribution >= 4 is 17.5 Å². The van der Waals surface area contributed by atoms with Crippen molar-refractivity contribution < 1.29 is 9.59 Å². The summed E-state index contributed by atoms with van der Waals surface area (Å²) in [5, 5.41) is 3.05. The number of hydrogen-bond acceptors (Lipinski definition) is 4. The highest BCUT2D eigenvalue weighted by Crippen LogP contribution is 2.30. The van der Waals surface area contributed by atoms with E-state index in [1.54, 1.807) is 6.92 Å². The van der Waals surface area contributed by atoms with Crippen LogP contribution in [0.2, 0.25) is 0 Å². The predicted molar refractivity (Wildman–Crippen MR) is 108 cm³/mol. The molecule has 0 radical (unpaired) electrons. The highest BCUT2D eigenvalue weighted by molar-refractivity contribution is 5.76. The smallest absolute Gasteiger partial charge is 0.221 e. The van der Waals surface area contributed by atoms with E-state index >= 15 is 0 Å². The minimum absolute atomic E-state index is 0.118. The van der Waals surface area contributed by atoms with Crippen molar-refractivity contribution in [3.8, 4) is 0 Å². The third-order valence-corrected chi connectivity index (χ3v) is 5.81. The van der Waals surface area contributed by atoms with Gasteiger partial charge in [0.1, 0.15) is 0 Å². The first-order chi connectivity index (χ1) is 13.0. The summed E-state index contributed by atoms with van der Waals surface area (Å²) in [6.07, 6.45) is 2.79. The number of carbonyl (C=O) groups is 2. The highest BCUT2D eigenvalue weighted by atomic mass is 16.2. The van der Waals surface area contributed by atoms with Gasteiger partial charge in [-0.05, 0) is 31.4 Å². The van der Waals surface area contributed by atoms with Crippen LogP contribution in [0.15, 0.2) is 24.3 Å². The van der Waals surface area contributed by atoms with Crippen molar-refractivity contribution in [1.29, 1.82) is 0 Å². The van der Waals surface area contributed by atoms with Gasteiger partial charge in [-0.25, -0.2) is 0 Å². The fourth-order valence-electron chi connectivity index (χ4n) is 4.05. The van der Waals surface area contributed by atoms with Crippen LogP contribution in [0, 0.1) is 0 Å². The number of nitrogens with one attached hydrogen (secondary N) is 1. The van der Waals surface area contributed by atoms with Crippen LogP contribution in [0.5, 0.6) is 0 Å². The first-order valence-corrected chi connectivity index (χ1v) is 10.1. The Morgan fingerprint density at radius 1 is 1.11 bits per heavy atom. The molecule has 1 atom stereocenters. The summed E-state index contributed by atoms with van der Waals surface area (Å²) in [4.78, 5) is 30.2. The van der Waals surface area contributed by atoms with E-state index in [0.717, 1.165) is 52.1 Å². The number of nitrogens with zero attached hydrogens (tertiary/aromatic N) is 3. The van der Waals surface area contributed by atoms with E-state index in [9.17, 15) is 9.59 Å². The lowest BCUT2D eigenvalue weighted by molar-refractivity contribution is -0.130. The average Bonchev–Trinajstić information content (AvgIpc) is 2.67. The van der Waals surface area contributed by atoms with Crippen LogP contribution in [0.4, 0.5) is 5.69 Å². The monoisotopic (exact) mass is 372 g/mol. The number of aryl methyl sites for hydroxylation is 1. The Bertz CT molecular complexity index is 655. The Kier molecular flexibility index (Phi) is 6.72. The number of benzene rings is 1. The van der Waals surface area contributed by atoms with E-state index in [1.807, 2.05) is 4.90 Å². The Hall–Kier alpha value is -2.08. The maximum Gasteiger partial charge on any atom is 0.221 e. The van der Waals surface area contributed by atoms with Crippen LogP contribution in [-0.4, -0.2) is 73.5 Å². The average molecular weight is 373 g/mol. The quantitative estimate of drug-likeness (QED) is 0.822. The van der Waals surface area contributed by atoms with Gasteiger partial charge in [0.2, 0.25) is 11.8 Å². The molecule has 2 amide bonds. The van der Waals surface area contributed by atoms with Crippen LogP contribution in [0.25, 0.3) is 0 Å². The van der Waals surface area contributed by atoms with E-state index in [-0.39, 0.29) is 11.8 Å². The van der Waals surface area contributed by atoms with Gasteiger partial charge < -0.3 is 15.1 Å². The number of piperazine rings is 1. The lowest BCUT2D eigenvalue weighted by atomic mass is 9.96. The second kappa shape index (κ2) is 9.22. The molecule has 6 heteroatoms. The second-order valence-corrected chi connectivity index (χ2v) is 7.66.